The van der Waals surface area contributed by atoms with Crippen LogP contribution in [0.2, 0.25) is 0 Å². The zero-order valence-electron chi connectivity index (χ0n) is 14.6. The number of piperidine rings is 1. The van der Waals surface area contributed by atoms with E-state index in [2.05, 4.69) is 12.2 Å². The van der Waals surface area contributed by atoms with Gasteiger partial charge in [0.1, 0.15) is 5.76 Å². The number of carbonyl (C=O) groups excluding carboxylic acids is 2. The van der Waals surface area contributed by atoms with Crippen LogP contribution in [-0.2, 0) is 11.2 Å². The summed E-state index contributed by atoms with van der Waals surface area (Å²) < 4.78 is 5.56. The average Bonchev–Trinajstić information content (AvgIpc) is 3.10. The summed E-state index contributed by atoms with van der Waals surface area (Å²) in [6.45, 7) is 7.85. The quantitative estimate of drug-likeness (QED) is 0.911. The number of rotatable bonds is 3. The van der Waals surface area contributed by atoms with E-state index in [4.69, 9.17) is 4.42 Å². The molecule has 0 aromatic carbocycles. The maximum Gasteiger partial charge on any atom is 0.289 e. The van der Waals surface area contributed by atoms with Crippen molar-refractivity contribution in [1.82, 2.24) is 15.1 Å². The monoisotopic (exact) mass is 333 g/mol. The number of nitrogens with one attached hydrogen (secondary N) is 1. The van der Waals surface area contributed by atoms with Gasteiger partial charge in [-0.15, -0.1) is 0 Å². The van der Waals surface area contributed by atoms with Gasteiger partial charge in [0.2, 0.25) is 5.91 Å². The van der Waals surface area contributed by atoms with Gasteiger partial charge in [0.15, 0.2) is 5.76 Å². The number of nitrogens with zero attached hydrogens (tertiary/aromatic N) is 2. The molecular weight excluding hydrogens is 306 g/mol. The SMILES string of the molecule is CCc1ccc(C(=O)N2CCC(C(=O)N3CCNC[C@@H]3C)CC2)o1. The fourth-order valence-corrected chi connectivity index (χ4v) is 3.57. The molecule has 0 aliphatic carbocycles. The molecule has 3 rings (SSSR count). The van der Waals surface area contributed by atoms with Crippen molar-refractivity contribution in [3.05, 3.63) is 23.7 Å². The fraction of sp³-hybridized carbons (Fsp3) is 0.667. The van der Waals surface area contributed by atoms with Gasteiger partial charge in [-0.05, 0) is 31.9 Å². The van der Waals surface area contributed by atoms with Crippen LogP contribution in [0.1, 0.15) is 43.0 Å². The number of likely N-dealkylation sites (tertiary alicyclic amines) is 1. The van der Waals surface area contributed by atoms with E-state index < -0.39 is 0 Å². The Bertz CT molecular complexity index is 590. The van der Waals surface area contributed by atoms with E-state index in [1.54, 1.807) is 6.07 Å². The van der Waals surface area contributed by atoms with E-state index in [9.17, 15) is 9.59 Å². The Morgan fingerprint density at radius 3 is 2.62 bits per heavy atom. The minimum absolute atomic E-state index is 0.0393. The highest BCUT2D eigenvalue weighted by Crippen LogP contribution is 2.23. The number of amides is 2. The molecule has 6 nitrogen and oxygen atoms in total. The number of hydrogen-bond acceptors (Lipinski definition) is 4. The molecule has 0 spiro atoms. The van der Waals surface area contributed by atoms with Crippen LogP contribution < -0.4 is 5.32 Å². The molecule has 1 aromatic heterocycles. The zero-order chi connectivity index (χ0) is 17.1. The Labute approximate surface area is 143 Å². The van der Waals surface area contributed by atoms with E-state index in [-0.39, 0.29) is 23.8 Å². The summed E-state index contributed by atoms with van der Waals surface area (Å²) >= 11 is 0. The summed E-state index contributed by atoms with van der Waals surface area (Å²) in [7, 11) is 0. The summed E-state index contributed by atoms with van der Waals surface area (Å²) in [5, 5.41) is 3.31. The molecule has 2 saturated heterocycles. The van der Waals surface area contributed by atoms with Crippen molar-refractivity contribution in [2.75, 3.05) is 32.7 Å². The van der Waals surface area contributed by atoms with E-state index in [0.717, 1.165) is 44.7 Å². The molecule has 2 fully saturated rings. The van der Waals surface area contributed by atoms with Crippen LogP contribution in [0.4, 0.5) is 0 Å². The molecule has 6 heteroatoms. The highest BCUT2D eigenvalue weighted by atomic mass is 16.4. The molecule has 1 atom stereocenters. The van der Waals surface area contributed by atoms with Crippen LogP contribution in [0.5, 0.6) is 0 Å². The Balaban J connectivity index is 1.55. The lowest BCUT2D eigenvalue weighted by Crippen LogP contribution is -2.55. The van der Waals surface area contributed by atoms with Crippen LogP contribution in [-0.4, -0.2) is 60.4 Å². The number of hydrogen-bond donors (Lipinski definition) is 1. The molecule has 1 aromatic rings. The van der Waals surface area contributed by atoms with Crippen LogP contribution >= 0.6 is 0 Å². The number of aryl methyl sites for hydroxylation is 1. The van der Waals surface area contributed by atoms with Crippen LogP contribution in [0.25, 0.3) is 0 Å². The Kier molecular flexibility index (Phi) is 5.23. The largest absolute Gasteiger partial charge is 0.456 e. The lowest BCUT2D eigenvalue weighted by Gasteiger charge is -2.38. The van der Waals surface area contributed by atoms with Gasteiger partial charge < -0.3 is 19.5 Å². The first kappa shape index (κ1) is 17.0. The minimum atomic E-state index is -0.0591. The summed E-state index contributed by atoms with van der Waals surface area (Å²) in [5.41, 5.74) is 0. The second-order valence-corrected chi connectivity index (χ2v) is 6.77. The molecule has 24 heavy (non-hydrogen) atoms. The molecule has 0 saturated carbocycles. The zero-order valence-corrected chi connectivity index (χ0v) is 14.6. The molecule has 3 heterocycles. The Morgan fingerprint density at radius 1 is 1.25 bits per heavy atom. The highest BCUT2D eigenvalue weighted by Gasteiger charge is 2.33. The van der Waals surface area contributed by atoms with Crippen molar-refractivity contribution < 1.29 is 14.0 Å². The molecular formula is C18H27N3O3. The van der Waals surface area contributed by atoms with E-state index in [1.807, 2.05) is 22.8 Å². The molecule has 0 unspecified atom stereocenters. The topological polar surface area (TPSA) is 65.8 Å². The van der Waals surface area contributed by atoms with E-state index >= 15 is 0 Å². The number of piperazine rings is 1. The first-order valence-electron chi connectivity index (χ1n) is 8.99. The summed E-state index contributed by atoms with van der Waals surface area (Å²) in [6, 6.07) is 3.86. The molecule has 132 valence electrons. The lowest BCUT2D eigenvalue weighted by atomic mass is 9.94. The summed E-state index contributed by atoms with van der Waals surface area (Å²) in [6.07, 6.45) is 2.26. The van der Waals surface area contributed by atoms with Crippen molar-refractivity contribution in [3.63, 3.8) is 0 Å². The normalized spacial score (nSPS) is 22.7. The first-order valence-corrected chi connectivity index (χ1v) is 8.99. The molecule has 2 aliphatic rings. The molecule has 2 amide bonds. The van der Waals surface area contributed by atoms with Crippen molar-refractivity contribution >= 4 is 11.8 Å². The van der Waals surface area contributed by atoms with Gasteiger partial charge in [0.05, 0.1) is 0 Å². The summed E-state index contributed by atoms with van der Waals surface area (Å²) in [4.78, 5) is 29.0. The Morgan fingerprint density at radius 2 is 2.00 bits per heavy atom. The molecule has 1 N–H and O–H groups in total. The molecule has 0 bridgehead atoms. The van der Waals surface area contributed by atoms with Crippen molar-refractivity contribution in [2.45, 2.75) is 39.2 Å². The van der Waals surface area contributed by atoms with Gasteiger partial charge >= 0.3 is 0 Å². The second kappa shape index (κ2) is 7.38. The number of carbonyl (C=O) groups is 2. The smallest absolute Gasteiger partial charge is 0.289 e. The molecule has 0 radical (unpaired) electrons. The maximum atomic E-state index is 12.7. The van der Waals surface area contributed by atoms with Crippen LogP contribution in [0.15, 0.2) is 16.5 Å². The first-order chi connectivity index (χ1) is 11.6. The predicted molar refractivity (Wildman–Crippen MR) is 90.8 cm³/mol. The van der Waals surface area contributed by atoms with Gasteiger partial charge in [0, 0.05) is 51.1 Å². The van der Waals surface area contributed by atoms with Gasteiger partial charge in [-0.1, -0.05) is 6.92 Å². The van der Waals surface area contributed by atoms with Crippen molar-refractivity contribution in [3.8, 4) is 0 Å². The fourth-order valence-electron chi connectivity index (χ4n) is 3.57. The van der Waals surface area contributed by atoms with Gasteiger partial charge in [0.25, 0.3) is 5.91 Å². The Hall–Kier alpha value is -1.82. The van der Waals surface area contributed by atoms with Crippen LogP contribution in [0.3, 0.4) is 0 Å². The van der Waals surface area contributed by atoms with Gasteiger partial charge in [-0.3, -0.25) is 9.59 Å². The predicted octanol–water partition coefficient (Wildman–Crippen LogP) is 1.51. The molecule has 2 aliphatic heterocycles. The second-order valence-electron chi connectivity index (χ2n) is 6.77. The minimum Gasteiger partial charge on any atom is -0.456 e. The third kappa shape index (κ3) is 3.48. The highest BCUT2D eigenvalue weighted by molar-refractivity contribution is 5.91. The lowest BCUT2D eigenvalue weighted by molar-refractivity contribution is -0.139. The third-order valence-corrected chi connectivity index (χ3v) is 5.14. The van der Waals surface area contributed by atoms with Gasteiger partial charge in [-0.2, -0.15) is 0 Å². The average molecular weight is 333 g/mol. The van der Waals surface area contributed by atoms with E-state index in [0.29, 0.717) is 18.8 Å². The van der Waals surface area contributed by atoms with Crippen molar-refractivity contribution in [2.24, 2.45) is 5.92 Å². The standard InChI is InChI=1S/C18H27N3O3/c1-3-15-4-5-16(24-15)18(23)20-9-6-14(7-10-20)17(22)21-11-8-19-12-13(21)2/h4-5,13-14,19H,3,6-12H2,1-2H3/t13-/m0/s1. The van der Waals surface area contributed by atoms with Crippen LogP contribution in [0, 0.1) is 5.92 Å². The number of furan rings is 1. The summed E-state index contributed by atoms with van der Waals surface area (Å²) in [5.74, 6) is 1.47. The van der Waals surface area contributed by atoms with Crippen molar-refractivity contribution in [1.29, 1.82) is 0 Å². The third-order valence-electron chi connectivity index (χ3n) is 5.14. The van der Waals surface area contributed by atoms with E-state index in [1.165, 1.54) is 0 Å². The van der Waals surface area contributed by atoms with Gasteiger partial charge in [-0.25, -0.2) is 0 Å². The maximum absolute atomic E-state index is 12.7.